The molecule has 6 nitrogen and oxygen atoms in total. The number of hydrogen-bond acceptors (Lipinski definition) is 4. The number of carbonyl (C=O) groups excluding carboxylic acids is 2. The molecule has 0 radical (unpaired) electrons. The molecule has 1 aromatic heterocycles. The van der Waals surface area contributed by atoms with Crippen LogP contribution in [0.15, 0.2) is 78.9 Å². The zero-order valence-corrected chi connectivity index (χ0v) is 22.5. The minimum absolute atomic E-state index is 0.0586. The van der Waals surface area contributed by atoms with Crippen LogP contribution in [0, 0.1) is 6.92 Å². The monoisotopic (exact) mass is 542 g/mol. The Morgan fingerprint density at radius 3 is 2.53 bits per heavy atom. The summed E-state index contributed by atoms with van der Waals surface area (Å²) < 4.78 is 1.82. The molecule has 1 N–H and O–H groups in total. The Hall–Kier alpha value is -3.55. The van der Waals surface area contributed by atoms with Gasteiger partial charge < -0.3 is 5.32 Å². The number of nitrogens with zero attached hydrogens (tertiary/aromatic N) is 3. The van der Waals surface area contributed by atoms with Crippen LogP contribution in [0.4, 0.5) is 5.82 Å². The van der Waals surface area contributed by atoms with E-state index in [1.54, 1.807) is 4.90 Å². The van der Waals surface area contributed by atoms with Crippen molar-refractivity contribution in [3.8, 4) is 16.9 Å². The van der Waals surface area contributed by atoms with Crippen LogP contribution in [0.3, 0.4) is 0 Å². The molecule has 2 aliphatic rings. The van der Waals surface area contributed by atoms with Gasteiger partial charge in [0.15, 0.2) is 0 Å². The third-order valence-electron chi connectivity index (χ3n) is 6.81. The van der Waals surface area contributed by atoms with Crippen LogP contribution in [0.5, 0.6) is 0 Å². The van der Waals surface area contributed by atoms with Crippen molar-refractivity contribution < 1.29 is 9.59 Å². The Morgan fingerprint density at radius 2 is 1.82 bits per heavy atom. The minimum atomic E-state index is -0.210. The summed E-state index contributed by atoms with van der Waals surface area (Å²) in [5.74, 6) is 0.569. The predicted molar refractivity (Wildman–Crippen MR) is 153 cm³/mol. The van der Waals surface area contributed by atoms with Gasteiger partial charge in [-0.1, -0.05) is 71.8 Å². The number of rotatable bonds is 6. The number of fused-ring (bicyclic) bond motifs is 1. The summed E-state index contributed by atoms with van der Waals surface area (Å²) in [6.07, 6.45) is 1.97. The van der Waals surface area contributed by atoms with Crippen LogP contribution in [0.2, 0.25) is 5.02 Å². The summed E-state index contributed by atoms with van der Waals surface area (Å²) in [5.41, 5.74) is 5.56. The number of thioether (sulfide) groups is 1. The lowest BCUT2D eigenvalue weighted by Crippen LogP contribution is -2.43. The second-order valence-electron chi connectivity index (χ2n) is 9.77. The number of halogens is 1. The highest BCUT2D eigenvalue weighted by molar-refractivity contribution is 8.00. The van der Waals surface area contributed by atoms with Gasteiger partial charge in [-0.3, -0.25) is 14.5 Å². The van der Waals surface area contributed by atoms with Crippen molar-refractivity contribution in [2.24, 2.45) is 0 Å². The van der Waals surface area contributed by atoms with E-state index in [9.17, 15) is 9.59 Å². The van der Waals surface area contributed by atoms with Gasteiger partial charge in [-0.25, -0.2) is 4.68 Å². The quantitative estimate of drug-likeness (QED) is 0.327. The summed E-state index contributed by atoms with van der Waals surface area (Å²) in [4.78, 5) is 28.3. The fourth-order valence-corrected chi connectivity index (χ4v) is 6.16. The zero-order chi connectivity index (χ0) is 26.2. The lowest BCUT2D eigenvalue weighted by atomic mass is 9.99. The molecule has 38 heavy (non-hydrogen) atoms. The van der Waals surface area contributed by atoms with E-state index in [-0.39, 0.29) is 35.4 Å². The van der Waals surface area contributed by atoms with Gasteiger partial charge in [-0.05, 0) is 49.6 Å². The second-order valence-corrected chi connectivity index (χ2v) is 11.3. The summed E-state index contributed by atoms with van der Waals surface area (Å²) in [7, 11) is 0. The molecule has 6 rings (SSSR count). The van der Waals surface area contributed by atoms with Crippen molar-refractivity contribution in [3.63, 3.8) is 0 Å². The molecule has 1 unspecified atom stereocenters. The molecular weight excluding hydrogens is 516 g/mol. The number of hydrogen-bond donors (Lipinski definition) is 1. The summed E-state index contributed by atoms with van der Waals surface area (Å²) in [6, 6.07) is 26.0. The largest absolute Gasteiger partial charge is 0.352 e. The lowest BCUT2D eigenvalue weighted by molar-refractivity contribution is -0.123. The predicted octanol–water partition coefficient (Wildman–Crippen LogP) is 5.95. The Balaban J connectivity index is 1.60. The third-order valence-corrected chi connectivity index (χ3v) is 8.30. The Labute approximate surface area is 231 Å². The van der Waals surface area contributed by atoms with Crippen molar-refractivity contribution in [2.75, 3.05) is 17.2 Å². The van der Waals surface area contributed by atoms with Gasteiger partial charge in [-0.15, -0.1) is 11.8 Å². The maximum absolute atomic E-state index is 13.7. The standard InChI is InChI=1S/C30H27ClN4O2S/c1-19-10-14-24(15-11-19)35-30-27(28(33-35)20-6-3-2-4-7-20)29(21-8-5-9-22(31)16-21)38-18-26(37)34(30)17-25(36)32-23-12-13-23/h2-11,14-16,23,29H,12-13,17-18H2,1H3,(H,32,36). The van der Waals surface area contributed by atoms with Crippen LogP contribution in [0.1, 0.15) is 34.8 Å². The number of aryl methyl sites for hydroxylation is 1. The van der Waals surface area contributed by atoms with E-state index < -0.39 is 0 Å². The number of aromatic nitrogens is 2. The molecule has 1 fully saturated rings. The molecule has 8 heteroatoms. The molecule has 4 aromatic rings. The minimum Gasteiger partial charge on any atom is -0.352 e. The van der Waals surface area contributed by atoms with Crippen LogP contribution in [0.25, 0.3) is 16.9 Å². The summed E-state index contributed by atoms with van der Waals surface area (Å²) in [5, 5.41) is 8.58. The van der Waals surface area contributed by atoms with Gasteiger partial charge in [0.2, 0.25) is 11.8 Å². The molecule has 3 aromatic carbocycles. The molecule has 1 atom stereocenters. The fraction of sp³-hybridized carbons (Fsp3) is 0.233. The van der Waals surface area contributed by atoms with Crippen molar-refractivity contribution in [1.82, 2.24) is 15.1 Å². The van der Waals surface area contributed by atoms with Crippen LogP contribution < -0.4 is 10.2 Å². The van der Waals surface area contributed by atoms with Gasteiger partial charge >= 0.3 is 0 Å². The normalized spacial score (nSPS) is 17.2. The molecule has 1 saturated carbocycles. The first-order valence-corrected chi connectivity index (χ1v) is 14.1. The van der Waals surface area contributed by atoms with E-state index in [2.05, 4.69) is 5.32 Å². The van der Waals surface area contributed by atoms with Crippen LogP contribution >= 0.6 is 23.4 Å². The molecule has 2 heterocycles. The molecule has 2 amide bonds. The van der Waals surface area contributed by atoms with E-state index in [1.807, 2.05) is 90.5 Å². The van der Waals surface area contributed by atoms with Gasteiger partial charge in [0.1, 0.15) is 12.4 Å². The highest BCUT2D eigenvalue weighted by atomic mass is 35.5. The van der Waals surface area contributed by atoms with Gasteiger partial charge in [0.05, 0.1) is 22.4 Å². The molecule has 1 aliphatic carbocycles. The van der Waals surface area contributed by atoms with E-state index in [0.717, 1.165) is 46.5 Å². The average molecular weight is 543 g/mol. The smallest absolute Gasteiger partial charge is 0.240 e. The molecule has 0 saturated heterocycles. The van der Waals surface area contributed by atoms with Crippen molar-refractivity contribution in [2.45, 2.75) is 31.1 Å². The van der Waals surface area contributed by atoms with E-state index >= 15 is 0 Å². The first-order valence-electron chi connectivity index (χ1n) is 12.7. The summed E-state index contributed by atoms with van der Waals surface area (Å²) >= 11 is 7.96. The fourth-order valence-electron chi connectivity index (χ4n) is 4.77. The van der Waals surface area contributed by atoms with Crippen molar-refractivity contribution >= 4 is 41.0 Å². The zero-order valence-electron chi connectivity index (χ0n) is 20.9. The molecular formula is C30H27ClN4O2S. The highest BCUT2D eigenvalue weighted by Gasteiger charge is 2.38. The highest BCUT2D eigenvalue weighted by Crippen LogP contribution is 2.48. The van der Waals surface area contributed by atoms with Crippen LogP contribution in [-0.2, 0) is 9.59 Å². The third kappa shape index (κ3) is 4.96. The van der Waals surface area contributed by atoms with Gasteiger partial charge in [0, 0.05) is 22.2 Å². The van der Waals surface area contributed by atoms with E-state index in [1.165, 1.54) is 11.8 Å². The van der Waals surface area contributed by atoms with Crippen molar-refractivity contribution in [3.05, 3.63) is 101 Å². The first-order chi connectivity index (χ1) is 18.5. The van der Waals surface area contributed by atoms with E-state index in [0.29, 0.717) is 10.8 Å². The summed E-state index contributed by atoms with van der Waals surface area (Å²) in [6.45, 7) is 1.98. The first kappa shape index (κ1) is 24.8. The number of carbonyl (C=O) groups is 2. The van der Waals surface area contributed by atoms with E-state index in [4.69, 9.17) is 16.7 Å². The Kier molecular flexibility index (Phi) is 6.72. The number of nitrogens with one attached hydrogen (secondary N) is 1. The number of amides is 2. The Bertz CT molecular complexity index is 1500. The SMILES string of the molecule is Cc1ccc(-n2nc(-c3ccccc3)c3c2N(CC(=O)NC2CC2)C(=O)CSC3c2cccc(Cl)c2)cc1. The Morgan fingerprint density at radius 1 is 1.05 bits per heavy atom. The van der Waals surface area contributed by atoms with Crippen molar-refractivity contribution in [1.29, 1.82) is 0 Å². The molecule has 0 bridgehead atoms. The van der Waals surface area contributed by atoms with Crippen LogP contribution in [-0.4, -0.2) is 39.9 Å². The lowest BCUT2D eigenvalue weighted by Gasteiger charge is -2.23. The molecule has 0 spiro atoms. The topological polar surface area (TPSA) is 67.2 Å². The maximum Gasteiger partial charge on any atom is 0.240 e. The molecule has 192 valence electrons. The average Bonchev–Trinajstić information content (AvgIpc) is 3.67. The maximum atomic E-state index is 13.7. The van der Waals surface area contributed by atoms with Gasteiger partial charge in [-0.2, -0.15) is 5.10 Å². The second kappa shape index (κ2) is 10.3. The molecule has 1 aliphatic heterocycles. The number of anilines is 1. The van der Waals surface area contributed by atoms with Gasteiger partial charge in [0.25, 0.3) is 0 Å². The number of benzene rings is 3.